The van der Waals surface area contributed by atoms with Gasteiger partial charge in [-0.2, -0.15) is 0 Å². The Morgan fingerprint density at radius 1 is 1.05 bits per heavy atom. The van der Waals surface area contributed by atoms with Crippen molar-refractivity contribution in [1.29, 1.82) is 0 Å². The summed E-state index contributed by atoms with van der Waals surface area (Å²) < 4.78 is 0. The SMILES string of the molecule is O=C(NOCc1ccccc1)c1[nH]cc2ccccc12. The Labute approximate surface area is 116 Å². The van der Waals surface area contributed by atoms with Crippen LogP contribution in [0.15, 0.2) is 60.8 Å². The molecule has 1 amide bonds. The van der Waals surface area contributed by atoms with Gasteiger partial charge < -0.3 is 4.98 Å². The third-order valence-electron chi connectivity index (χ3n) is 3.08. The third-order valence-corrected chi connectivity index (χ3v) is 3.08. The van der Waals surface area contributed by atoms with Gasteiger partial charge in [0.15, 0.2) is 0 Å². The maximum atomic E-state index is 12.0. The van der Waals surface area contributed by atoms with Crippen LogP contribution in [0.1, 0.15) is 16.1 Å². The van der Waals surface area contributed by atoms with Crippen molar-refractivity contribution in [2.75, 3.05) is 0 Å². The number of carbonyl (C=O) groups is 1. The number of nitrogens with one attached hydrogen (secondary N) is 2. The van der Waals surface area contributed by atoms with Crippen LogP contribution in [0.3, 0.4) is 0 Å². The fourth-order valence-electron chi connectivity index (χ4n) is 2.08. The number of fused-ring (bicyclic) bond motifs is 1. The van der Waals surface area contributed by atoms with Crippen molar-refractivity contribution in [2.24, 2.45) is 0 Å². The van der Waals surface area contributed by atoms with E-state index in [0.717, 1.165) is 16.3 Å². The van der Waals surface area contributed by atoms with E-state index >= 15 is 0 Å². The Morgan fingerprint density at radius 2 is 1.80 bits per heavy atom. The fraction of sp³-hybridized carbons (Fsp3) is 0.0625. The average molecular weight is 266 g/mol. The smallest absolute Gasteiger partial charge is 0.291 e. The van der Waals surface area contributed by atoms with Crippen LogP contribution in [0.25, 0.3) is 10.8 Å². The largest absolute Gasteiger partial charge is 0.356 e. The van der Waals surface area contributed by atoms with Crippen LogP contribution < -0.4 is 5.48 Å². The first-order valence-electron chi connectivity index (χ1n) is 6.37. The van der Waals surface area contributed by atoms with Crippen LogP contribution >= 0.6 is 0 Å². The first kappa shape index (κ1) is 12.4. The Hall–Kier alpha value is -2.59. The number of hydrogen-bond acceptors (Lipinski definition) is 2. The van der Waals surface area contributed by atoms with Gasteiger partial charge >= 0.3 is 0 Å². The lowest BCUT2D eigenvalue weighted by atomic mass is 10.2. The van der Waals surface area contributed by atoms with Crippen molar-refractivity contribution in [3.05, 3.63) is 72.1 Å². The summed E-state index contributed by atoms with van der Waals surface area (Å²) in [5, 5.41) is 1.88. The predicted molar refractivity (Wildman–Crippen MR) is 77.0 cm³/mol. The van der Waals surface area contributed by atoms with E-state index in [9.17, 15) is 4.79 Å². The summed E-state index contributed by atoms with van der Waals surface area (Å²) in [6.07, 6.45) is 1.81. The molecule has 2 N–H and O–H groups in total. The molecule has 0 aliphatic rings. The number of benzene rings is 2. The number of aromatic nitrogens is 1. The lowest BCUT2D eigenvalue weighted by Crippen LogP contribution is -2.24. The molecule has 3 aromatic rings. The molecule has 0 unspecified atom stereocenters. The lowest BCUT2D eigenvalue weighted by molar-refractivity contribution is 0.0231. The Kier molecular flexibility index (Phi) is 3.48. The summed E-state index contributed by atoms with van der Waals surface area (Å²) in [6, 6.07) is 17.4. The molecule has 2 aromatic carbocycles. The summed E-state index contributed by atoms with van der Waals surface area (Å²) in [6.45, 7) is 0.339. The summed E-state index contributed by atoms with van der Waals surface area (Å²) in [5.74, 6) is -0.276. The minimum atomic E-state index is -0.276. The van der Waals surface area contributed by atoms with Crippen molar-refractivity contribution < 1.29 is 9.63 Å². The van der Waals surface area contributed by atoms with Crippen LogP contribution in [0.5, 0.6) is 0 Å². The molecule has 0 radical (unpaired) electrons. The van der Waals surface area contributed by atoms with Gasteiger partial charge in [0.2, 0.25) is 0 Å². The van der Waals surface area contributed by atoms with E-state index in [-0.39, 0.29) is 5.91 Å². The van der Waals surface area contributed by atoms with E-state index in [1.54, 1.807) is 6.20 Å². The van der Waals surface area contributed by atoms with Gasteiger partial charge in [0.25, 0.3) is 5.91 Å². The minimum absolute atomic E-state index is 0.276. The van der Waals surface area contributed by atoms with Crippen LogP contribution in [0.2, 0.25) is 0 Å². The molecule has 1 heterocycles. The van der Waals surface area contributed by atoms with E-state index in [1.165, 1.54) is 0 Å². The molecule has 0 spiro atoms. The summed E-state index contributed by atoms with van der Waals surface area (Å²) in [7, 11) is 0. The van der Waals surface area contributed by atoms with E-state index < -0.39 is 0 Å². The minimum Gasteiger partial charge on any atom is -0.356 e. The van der Waals surface area contributed by atoms with Gasteiger partial charge in [0.05, 0.1) is 6.61 Å². The van der Waals surface area contributed by atoms with Crippen LogP contribution in [0, 0.1) is 0 Å². The monoisotopic (exact) mass is 266 g/mol. The standard InChI is InChI=1S/C16H14N2O2/c19-16(18-20-11-12-6-2-1-3-7-12)15-14-9-5-4-8-13(14)10-17-15/h1-10,17H,11H2,(H,18,19). The Morgan fingerprint density at radius 3 is 2.65 bits per heavy atom. The number of rotatable bonds is 4. The van der Waals surface area contributed by atoms with Gasteiger partial charge in [-0.25, -0.2) is 5.48 Å². The fourth-order valence-corrected chi connectivity index (χ4v) is 2.08. The van der Waals surface area contributed by atoms with Crippen LogP contribution in [0.4, 0.5) is 0 Å². The molecule has 0 aliphatic carbocycles. The second-order valence-corrected chi connectivity index (χ2v) is 4.46. The summed E-state index contributed by atoms with van der Waals surface area (Å²) in [5.41, 5.74) is 3.97. The number of carbonyl (C=O) groups excluding carboxylic acids is 1. The highest BCUT2D eigenvalue weighted by Crippen LogP contribution is 2.17. The molecule has 4 heteroatoms. The van der Waals surface area contributed by atoms with Crippen molar-refractivity contribution in [3.63, 3.8) is 0 Å². The van der Waals surface area contributed by atoms with Crippen molar-refractivity contribution in [3.8, 4) is 0 Å². The predicted octanol–water partition coefficient (Wildman–Crippen LogP) is 3.03. The summed E-state index contributed by atoms with van der Waals surface area (Å²) in [4.78, 5) is 20.2. The zero-order valence-electron chi connectivity index (χ0n) is 10.8. The second-order valence-electron chi connectivity index (χ2n) is 4.46. The molecular weight excluding hydrogens is 252 g/mol. The quantitative estimate of drug-likeness (QED) is 0.713. The lowest BCUT2D eigenvalue weighted by Gasteiger charge is -2.05. The molecule has 4 nitrogen and oxygen atoms in total. The molecular formula is C16H14N2O2. The number of hydrogen-bond donors (Lipinski definition) is 2. The van der Waals surface area contributed by atoms with Gasteiger partial charge in [-0.1, -0.05) is 54.6 Å². The van der Waals surface area contributed by atoms with E-state index in [1.807, 2.05) is 54.6 Å². The van der Waals surface area contributed by atoms with Gasteiger partial charge in [-0.15, -0.1) is 0 Å². The highest BCUT2D eigenvalue weighted by Gasteiger charge is 2.11. The van der Waals surface area contributed by atoms with Crippen LogP contribution in [-0.2, 0) is 11.4 Å². The second kappa shape index (κ2) is 5.59. The normalized spacial score (nSPS) is 10.6. The number of hydroxylamine groups is 1. The van der Waals surface area contributed by atoms with E-state index in [4.69, 9.17) is 4.84 Å². The highest BCUT2D eigenvalue weighted by molar-refractivity contribution is 6.05. The molecule has 20 heavy (non-hydrogen) atoms. The third kappa shape index (κ3) is 2.55. The molecule has 0 fully saturated rings. The van der Waals surface area contributed by atoms with Crippen molar-refractivity contribution in [1.82, 2.24) is 10.5 Å². The van der Waals surface area contributed by atoms with Crippen molar-refractivity contribution >= 4 is 16.7 Å². The van der Waals surface area contributed by atoms with E-state index in [2.05, 4.69) is 10.5 Å². The van der Waals surface area contributed by atoms with Gasteiger partial charge in [0.1, 0.15) is 5.69 Å². The van der Waals surface area contributed by atoms with E-state index in [0.29, 0.717) is 12.3 Å². The first-order chi connectivity index (χ1) is 9.84. The molecule has 1 aromatic heterocycles. The number of amides is 1. The topological polar surface area (TPSA) is 54.1 Å². The van der Waals surface area contributed by atoms with Gasteiger partial charge in [0, 0.05) is 11.6 Å². The van der Waals surface area contributed by atoms with Gasteiger partial charge in [-0.3, -0.25) is 9.63 Å². The Bertz CT molecular complexity index is 719. The molecule has 0 aliphatic heterocycles. The molecule has 0 bridgehead atoms. The first-order valence-corrected chi connectivity index (χ1v) is 6.37. The van der Waals surface area contributed by atoms with Crippen molar-refractivity contribution in [2.45, 2.75) is 6.61 Å². The average Bonchev–Trinajstić information content (AvgIpc) is 2.92. The number of H-pyrrole nitrogens is 1. The zero-order chi connectivity index (χ0) is 13.8. The molecule has 100 valence electrons. The summed E-state index contributed by atoms with van der Waals surface area (Å²) >= 11 is 0. The van der Waals surface area contributed by atoms with Crippen LogP contribution in [-0.4, -0.2) is 10.9 Å². The maximum Gasteiger partial charge on any atom is 0.291 e. The molecule has 0 atom stereocenters. The maximum absolute atomic E-state index is 12.0. The molecule has 0 saturated carbocycles. The van der Waals surface area contributed by atoms with Gasteiger partial charge in [-0.05, 0) is 10.9 Å². The highest BCUT2D eigenvalue weighted by atomic mass is 16.6. The zero-order valence-corrected chi connectivity index (χ0v) is 10.8. The Balaban J connectivity index is 1.65. The molecule has 0 saturated heterocycles. The number of aromatic amines is 1. The molecule has 3 rings (SSSR count).